The molecule has 0 aliphatic rings. The number of nitrogens with zero attached hydrogens (tertiary/aromatic N) is 1. The molecule has 0 atom stereocenters. The van der Waals surface area contributed by atoms with Gasteiger partial charge in [0.2, 0.25) is 0 Å². The number of carbonyl (C=O) groups excluding carboxylic acids is 1. The SMILES string of the molecule is COc1ccc(-c2nc(C(C)=O)c(C)[nH]2)c(OC)c1. The molecule has 0 fully saturated rings. The Balaban J connectivity index is 2.52. The number of Topliss-reactive ketones (excluding diaryl/α,β-unsaturated/α-hetero) is 1. The molecule has 5 nitrogen and oxygen atoms in total. The van der Waals surface area contributed by atoms with Crippen molar-refractivity contribution in [1.29, 1.82) is 0 Å². The van der Waals surface area contributed by atoms with Crippen molar-refractivity contribution in [2.45, 2.75) is 13.8 Å². The fraction of sp³-hybridized carbons (Fsp3) is 0.286. The van der Waals surface area contributed by atoms with E-state index in [1.807, 2.05) is 19.1 Å². The quantitative estimate of drug-likeness (QED) is 0.858. The molecule has 1 N–H and O–H groups in total. The molecule has 19 heavy (non-hydrogen) atoms. The summed E-state index contributed by atoms with van der Waals surface area (Å²) in [6, 6.07) is 5.45. The van der Waals surface area contributed by atoms with Crippen LogP contribution in [0.2, 0.25) is 0 Å². The van der Waals surface area contributed by atoms with Crippen LogP contribution in [0.4, 0.5) is 0 Å². The Hall–Kier alpha value is -2.30. The van der Waals surface area contributed by atoms with E-state index in [0.717, 1.165) is 11.3 Å². The molecule has 0 bridgehead atoms. The first kappa shape index (κ1) is 13.1. The van der Waals surface area contributed by atoms with Gasteiger partial charge in [-0.1, -0.05) is 0 Å². The maximum atomic E-state index is 11.4. The van der Waals surface area contributed by atoms with Crippen LogP contribution in [0.15, 0.2) is 18.2 Å². The van der Waals surface area contributed by atoms with Gasteiger partial charge in [-0.2, -0.15) is 0 Å². The zero-order valence-electron chi connectivity index (χ0n) is 11.4. The van der Waals surface area contributed by atoms with Crippen LogP contribution in [-0.2, 0) is 0 Å². The number of hydrogen-bond acceptors (Lipinski definition) is 4. The number of ketones is 1. The van der Waals surface area contributed by atoms with Crippen molar-refractivity contribution in [3.8, 4) is 22.9 Å². The first-order chi connectivity index (χ1) is 9.06. The number of nitrogens with one attached hydrogen (secondary N) is 1. The molecule has 1 aromatic carbocycles. The number of aromatic amines is 1. The molecule has 100 valence electrons. The van der Waals surface area contributed by atoms with Crippen molar-refractivity contribution >= 4 is 5.78 Å². The molecule has 0 spiro atoms. The second kappa shape index (κ2) is 5.14. The highest BCUT2D eigenvalue weighted by molar-refractivity contribution is 5.94. The highest BCUT2D eigenvalue weighted by Gasteiger charge is 2.15. The van der Waals surface area contributed by atoms with E-state index in [1.165, 1.54) is 6.92 Å². The Morgan fingerprint density at radius 2 is 2.00 bits per heavy atom. The van der Waals surface area contributed by atoms with Gasteiger partial charge in [-0.3, -0.25) is 4.79 Å². The van der Waals surface area contributed by atoms with Crippen molar-refractivity contribution in [3.63, 3.8) is 0 Å². The number of benzene rings is 1. The monoisotopic (exact) mass is 260 g/mol. The van der Waals surface area contributed by atoms with Crippen LogP contribution in [0.25, 0.3) is 11.4 Å². The van der Waals surface area contributed by atoms with Gasteiger partial charge in [0.15, 0.2) is 5.78 Å². The summed E-state index contributed by atoms with van der Waals surface area (Å²) in [7, 11) is 3.18. The van der Waals surface area contributed by atoms with Crippen LogP contribution in [0, 0.1) is 6.92 Å². The molecule has 0 unspecified atom stereocenters. The van der Waals surface area contributed by atoms with Crippen LogP contribution in [0.3, 0.4) is 0 Å². The molecule has 0 saturated heterocycles. The summed E-state index contributed by atoms with van der Waals surface area (Å²) in [4.78, 5) is 18.9. The van der Waals surface area contributed by atoms with Gasteiger partial charge in [-0.05, 0) is 19.1 Å². The van der Waals surface area contributed by atoms with Crippen molar-refractivity contribution < 1.29 is 14.3 Å². The van der Waals surface area contributed by atoms with Crippen molar-refractivity contribution in [1.82, 2.24) is 9.97 Å². The van der Waals surface area contributed by atoms with E-state index in [1.54, 1.807) is 20.3 Å². The van der Waals surface area contributed by atoms with Gasteiger partial charge >= 0.3 is 0 Å². The number of rotatable bonds is 4. The summed E-state index contributed by atoms with van der Waals surface area (Å²) in [5, 5.41) is 0. The number of imidazole rings is 1. The molecule has 5 heteroatoms. The highest BCUT2D eigenvalue weighted by atomic mass is 16.5. The average Bonchev–Trinajstić information content (AvgIpc) is 2.80. The van der Waals surface area contributed by atoms with Gasteiger partial charge in [0.25, 0.3) is 0 Å². The summed E-state index contributed by atoms with van der Waals surface area (Å²) in [5.41, 5.74) is 1.99. The third kappa shape index (κ3) is 2.45. The maximum absolute atomic E-state index is 11.4. The predicted molar refractivity (Wildman–Crippen MR) is 71.9 cm³/mol. The molecule has 2 rings (SSSR count). The zero-order valence-corrected chi connectivity index (χ0v) is 11.4. The Kier molecular flexibility index (Phi) is 3.55. The molecule has 2 aromatic rings. The Morgan fingerprint density at radius 3 is 2.53 bits per heavy atom. The highest BCUT2D eigenvalue weighted by Crippen LogP contribution is 2.32. The summed E-state index contributed by atoms with van der Waals surface area (Å²) in [6.07, 6.45) is 0. The lowest BCUT2D eigenvalue weighted by atomic mass is 10.2. The normalized spacial score (nSPS) is 10.3. The molecule has 0 saturated carbocycles. The molecule has 1 heterocycles. The fourth-order valence-corrected chi connectivity index (χ4v) is 1.92. The maximum Gasteiger partial charge on any atom is 0.179 e. The minimum atomic E-state index is -0.0625. The zero-order chi connectivity index (χ0) is 14.0. The number of hydrogen-bond donors (Lipinski definition) is 1. The molecule has 0 radical (unpaired) electrons. The van der Waals surface area contributed by atoms with Gasteiger partial charge in [-0.25, -0.2) is 4.98 Å². The second-order valence-electron chi connectivity index (χ2n) is 4.18. The number of methoxy groups -OCH3 is 2. The Bertz CT molecular complexity index is 617. The molecule has 0 aliphatic carbocycles. The van der Waals surface area contributed by atoms with E-state index in [4.69, 9.17) is 9.47 Å². The first-order valence-corrected chi connectivity index (χ1v) is 5.86. The van der Waals surface area contributed by atoms with E-state index in [9.17, 15) is 4.79 Å². The third-order valence-electron chi connectivity index (χ3n) is 2.88. The average molecular weight is 260 g/mol. The lowest BCUT2D eigenvalue weighted by Gasteiger charge is -2.08. The van der Waals surface area contributed by atoms with E-state index in [0.29, 0.717) is 23.0 Å². The predicted octanol–water partition coefficient (Wildman–Crippen LogP) is 2.60. The number of aryl methyl sites for hydroxylation is 1. The van der Waals surface area contributed by atoms with Crippen molar-refractivity contribution in [2.24, 2.45) is 0 Å². The van der Waals surface area contributed by atoms with Crippen LogP contribution >= 0.6 is 0 Å². The van der Waals surface area contributed by atoms with E-state index in [-0.39, 0.29) is 5.78 Å². The van der Waals surface area contributed by atoms with Crippen LogP contribution in [-0.4, -0.2) is 30.0 Å². The van der Waals surface area contributed by atoms with Crippen LogP contribution < -0.4 is 9.47 Å². The second-order valence-corrected chi connectivity index (χ2v) is 4.18. The number of H-pyrrole nitrogens is 1. The largest absolute Gasteiger partial charge is 0.497 e. The molecular formula is C14H16N2O3. The number of carbonyl (C=O) groups is 1. The molecule has 1 aromatic heterocycles. The standard InChI is InChI=1S/C14H16N2O3/c1-8-13(9(2)17)16-14(15-8)11-6-5-10(18-3)7-12(11)19-4/h5-7H,1-4H3,(H,15,16). The minimum absolute atomic E-state index is 0.0625. The van der Waals surface area contributed by atoms with Crippen LogP contribution in [0.1, 0.15) is 23.1 Å². The smallest absolute Gasteiger partial charge is 0.179 e. The van der Waals surface area contributed by atoms with Gasteiger partial charge in [0, 0.05) is 18.7 Å². The summed E-state index contributed by atoms with van der Waals surface area (Å²) < 4.78 is 10.5. The summed E-state index contributed by atoms with van der Waals surface area (Å²) in [6.45, 7) is 3.32. The molecular weight excluding hydrogens is 244 g/mol. The Morgan fingerprint density at radius 1 is 1.26 bits per heavy atom. The lowest BCUT2D eigenvalue weighted by molar-refractivity contribution is 0.101. The van der Waals surface area contributed by atoms with Gasteiger partial charge < -0.3 is 14.5 Å². The minimum Gasteiger partial charge on any atom is -0.497 e. The van der Waals surface area contributed by atoms with Gasteiger partial charge in [0.1, 0.15) is 23.0 Å². The molecule has 0 amide bonds. The third-order valence-corrected chi connectivity index (χ3v) is 2.88. The molecule has 0 aliphatic heterocycles. The van der Waals surface area contributed by atoms with Gasteiger partial charge in [0.05, 0.1) is 19.8 Å². The first-order valence-electron chi connectivity index (χ1n) is 5.86. The van der Waals surface area contributed by atoms with Gasteiger partial charge in [-0.15, -0.1) is 0 Å². The number of ether oxygens (including phenoxy) is 2. The topological polar surface area (TPSA) is 64.2 Å². The van der Waals surface area contributed by atoms with E-state index >= 15 is 0 Å². The summed E-state index contributed by atoms with van der Waals surface area (Å²) in [5.74, 6) is 1.90. The van der Waals surface area contributed by atoms with E-state index < -0.39 is 0 Å². The lowest BCUT2D eigenvalue weighted by Crippen LogP contribution is -1.95. The van der Waals surface area contributed by atoms with Crippen molar-refractivity contribution in [3.05, 3.63) is 29.6 Å². The van der Waals surface area contributed by atoms with Crippen LogP contribution in [0.5, 0.6) is 11.5 Å². The summed E-state index contributed by atoms with van der Waals surface area (Å²) >= 11 is 0. The van der Waals surface area contributed by atoms with E-state index in [2.05, 4.69) is 9.97 Å². The Labute approximate surface area is 111 Å². The van der Waals surface area contributed by atoms with Crippen molar-refractivity contribution in [2.75, 3.05) is 14.2 Å². The fourth-order valence-electron chi connectivity index (χ4n) is 1.92. The number of aromatic nitrogens is 2.